The maximum absolute atomic E-state index is 12.9. The van der Waals surface area contributed by atoms with Crippen LogP contribution in [0.3, 0.4) is 0 Å². The molecule has 0 aromatic carbocycles. The number of nitrogens with one attached hydrogen (secondary N) is 1. The van der Waals surface area contributed by atoms with Crippen LogP contribution in [0.4, 0.5) is 5.82 Å². The fourth-order valence-electron chi connectivity index (χ4n) is 4.40. The van der Waals surface area contributed by atoms with Crippen molar-refractivity contribution in [1.29, 1.82) is 0 Å². The number of ether oxygens (including phenoxy) is 1. The summed E-state index contributed by atoms with van der Waals surface area (Å²) < 4.78 is 5.89. The second kappa shape index (κ2) is 7.28. The van der Waals surface area contributed by atoms with E-state index in [2.05, 4.69) is 20.2 Å². The van der Waals surface area contributed by atoms with Gasteiger partial charge >= 0.3 is 0 Å². The lowest BCUT2D eigenvalue weighted by molar-refractivity contribution is -0.118. The molecule has 0 bridgehead atoms. The van der Waals surface area contributed by atoms with E-state index in [0.29, 0.717) is 36.6 Å². The van der Waals surface area contributed by atoms with E-state index in [-0.39, 0.29) is 18.0 Å². The van der Waals surface area contributed by atoms with Gasteiger partial charge in [0.2, 0.25) is 11.8 Å². The third-order valence-electron chi connectivity index (χ3n) is 6.04. The number of anilines is 1. The molecule has 8 nitrogen and oxygen atoms in total. The summed E-state index contributed by atoms with van der Waals surface area (Å²) >= 11 is 0. The molecule has 4 heterocycles. The Hall–Kier alpha value is -3.13. The number of aryl methyl sites for hydroxylation is 1. The van der Waals surface area contributed by atoms with Crippen molar-refractivity contribution in [3.05, 3.63) is 52.4 Å². The van der Waals surface area contributed by atoms with E-state index >= 15 is 0 Å². The Morgan fingerprint density at radius 1 is 1.27 bits per heavy atom. The third kappa shape index (κ3) is 3.37. The van der Waals surface area contributed by atoms with Gasteiger partial charge in [0.05, 0.1) is 11.7 Å². The largest absolute Gasteiger partial charge is 0.475 e. The molecule has 0 spiro atoms. The quantitative estimate of drug-likeness (QED) is 0.685. The van der Waals surface area contributed by atoms with Gasteiger partial charge in [0.15, 0.2) is 0 Å². The Balaban J connectivity index is 1.26. The van der Waals surface area contributed by atoms with Crippen molar-refractivity contribution in [1.82, 2.24) is 15.3 Å². The lowest BCUT2D eigenvalue weighted by Gasteiger charge is -2.27. The number of hydrogen-bond acceptors (Lipinski definition) is 7. The van der Waals surface area contributed by atoms with E-state index in [9.17, 15) is 4.79 Å². The van der Waals surface area contributed by atoms with Gasteiger partial charge in [-0.25, -0.2) is 0 Å². The summed E-state index contributed by atoms with van der Waals surface area (Å²) in [6.45, 7) is 4.05. The molecular weight excluding hydrogens is 380 g/mol. The molecule has 2 aromatic rings. The van der Waals surface area contributed by atoms with Crippen LogP contribution in [0.1, 0.15) is 28.9 Å². The fraction of sp³-hybridized carbons (Fsp3) is 0.409. The van der Waals surface area contributed by atoms with E-state index in [4.69, 9.17) is 16.2 Å². The molecule has 1 saturated heterocycles. The fourth-order valence-corrected chi connectivity index (χ4v) is 4.40. The molecule has 2 atom stereocenters. The number of carbonyl (C=O) groups is 1. The first-order valence-electron chi connectivity index (χ1n) is 10.4. The SMILES string of the molecule is Cc1ccc2c(n1)CC(C(=O)N[C@H]1COc3nc(N4CC[C@H](N)C4)ccc3C1)=C2N. The number of carbonyl (C=O) groups excluding carboxylic acids is 1. The van der Waals surface area contributed by atoms with Crippen LogP contribution >= 0.6 is 0 Å². The Morgan fingerprint density at radius 3 is 2.93 bits per heavy atom. The van der Waals surface area contributed by atoms with E-state index in [0.717, 1.165) is 47.8 Å². The summed E-state index contributed by atoms with van der Waals surface area (Å²) in [6.07, 6.45) is 2.11. The summed E-state index contributed by atoms with van der Waals surface area (Å²) in [7, 11) is 0. The number of fused-ring (bicyclic) bond motifs is 2. The molecule has 1 fully saturated rings. The monoisotopic (exact) mass is 406 g/mol. The molecule has 30 heavy (non-hydrogen) atoms. The van der Waals surface area contributed by atoms with Gasteiger partial charge in [0.1, 0.15) is 12.4 Å². The summed E-state index contributed by atoms with van der Waals surface area (Å²) in [5.74, 6) is 1.38. The van der Waals surface area contributed by atoms with Gasteiger partial charge < -0.3 is 26.4 Å². The number of amides is 1. The van der Waals surface area contributed by atoms with Gasteiger partial charge in [-0.05, 0) is 37.6 Å². The van der Waals surface area contributed by atoms with Crippen LogP contribution in [0.2, 0.25) is 0 Å². The number of nitrogens with zero attached hydrogens (tertiary/aromatic N) is 3. The molecule has 2 aromatic heterocycles. The minimum Gasteiger partial charge on any atom is -0.475 e. The normalized spacial score (nSPS) is 22.5. The molecule has 8 heteroatoms. The van der Waals surface area contributed by atoms with E-state index < -0.39 is 0 Å². The highest BCUT2D eigenvalue weighted by Gasteiger charge is 2.29. The number of rotatable bonds is 3. The van der Waals surface area contributed by atoms with E-state index in [1.807, 2.05) is 31.2 Å². The molecule has 0 radical (unpaired) electrons. The Morgan fingerprint density at radius 2 is 2.13 bits per heavy atom. The van der Waals surface area contributed by atoms with Crippen molar-refractivity contribution in [2.24, 2.45) is 11.5 Å². The zero-order chi connectivity index (χ0) is 20.8. The number of hydrogen-bond donors (Lipinski definition) is 3. The zero-order valence-corrected chi connectivity index (χ0v) is 17.0. The van der Waals surface area contributed by atoms with Gasteiger partial charge in [-0.2, -0.15) is 4.98 Å². The maximum atomic E-state index is 12.9. The number of pyridine rings is 2. The molecule has 1 aliphatic carbocycles. The molecule has 156 valence electrons. The molecule has 0 saturated carbocycles. The highest BCUT2D eigenvalue weighted by atomic mass is 16.5. The average molecular weight is 406 g/mol. The molecule has 3 aliphatic rings. The average Bonchev–Trinajstić information content (AvgIpc) is 3.31. The number of aromatic nitrogens is 2. The topological polar surface area (TPSA) is 119 Å². The van der Waals surface area contributed by atoms with Gasteiger partial charge in [-0.3, -0.25) is 9.78 Å². The van der Waals surface area contributed by atoms with Crippen LogP contribution in [-0.4, -0.2) is 47.7 Å². The van der Waals surface area contributed by atoms with Crippen LogP contribution in [-0.2, 0) is 17.6 Å². The zero-order valence-electron chi connectivity index (χ0n) is 17.0. The van der Waals surface area contributed by atoms with Gasteiger partial charge in [-0.15, -0.1) is 0 Å². The first-order valence-corrected chi connectivity index (χ1v) is 10.4. The van der Waals surface area contributed by atoms with E-state index in [1.165, 1.54) is 0 Å². The highest BCUT2D eigenvalue weighted by molar-refractivity contribution is 6.03. The van der Waals surface area contributed by atoms with E-state index in [1.54, 1.807) is 0 Å². The Labute approximate surface area is 175 Å². The van der Waals surface area contributed by atoms with Crippen molar-refractivity contribution in [3.8, 4) is 5.88 Å². The van der Waals surface area contributed by atoms with Crippen molar-refractivity contribution in [3.63, 3.8) is 0 Å². The smallest absolute Gasteiger partial charge is 0.250 e. The van der Waals surface area contributed by atoms with Gasteiger partial charge in [0.25, 0.3) is 0 Å². The number of nitrogens with two attached hydrogens (primary N) is 2. The second-order valence-electron chi connectivity index (χ2n) is 8.33. The third-order valence-corrected chi connectivity index (χ3v) is 6.04. The molecular formula is C22H26N6O2. The second-order valence-corrected chi connectivity index (χ2v) is 8.33. The van der Waals surface area contributed by atoms with Crippen LogP contribution in [0.5, 0.6) is 5.88 Å². The molecule has 2 aliphatic heterocycles. The predicted molar refractivity (Wildman–Crippen MR) is 114 cm³/mol. The lowest BCUT2D eigenvalue weighted by Crippen LogP contribution is -2.43. The first kappa shape index (κ1) is 18.9. The van der Waals surface area contributed by atoms with Crippen LogP contribution in [0.15, 0.2) is 29.8 Å². The van der Waals surface area contributed by atoms with Crippen LogP contribution in [0.25, 0.3) is 5.70 Å². The van der Waals surface area contributed by atoms with Crippen molar-refractivity contribution >= 4 is 17.4 Å². The predicted octanol–water partition coefficient (Wildman–Crippen LogP) is 0.668. The lowest BCUT2D eigenvalue weighted by atomic mass is 10.0. The summed E-state index contributed by atoms with van der Waals surface area (Å²) in [6, 6.07) is 7.96. The Bertz CT molecular complexity index is 1050. The minimum atomic E-state index is -0.157. The Kier molecular flexibility index (Phi) is 4.58. The van der Waals surface area contributed by atoms with Crippen molar-refractivity contribution < 1.29 is 9.53 Å². The van der Waals surface area contributed by atoms with Gasteiger partial charge in [0, 0.05) is 60.1 Å². The molecule has 5 rings (SSSR count). The molecule has 1 amide bonds. The summed E-state index contributed by atoms with van der Waals surface area (Å²) in [5, 5.41) is 3.07. The van der Waals surface area contributed by atoms with Crippen LogP contribution < -0.4 is 26.4 Å². The van der Waals surface area contributed by atoms with Crippen molar-refractivity contribution in [2.45, 2.75) is 38.3 Å². The molecule has 5 N–H and O–H groups in total. The standard InChI is InChI=1S/C22H26N6O2/c1-12-2-4-16-18(25-12)9-17(20(16)24)21(29)26-15-8-13-3-5-19(27-22(13)30-11-15)28-7-6-14(23)10-28/h2-5,14-15H,6-11,23-24H2,1H3,(H,26,29)/t14-,15+/m0/s1. The first-order chi connectivity index (χ1) is 14.5. The maximum Gasteiger partial charge on any atom is 0.250 e. The van der Waals surface area contributed by atoms with Crippen molar-refractivity contribution in [2.75, 3.05) is 24.6 Å². The minimum absolute atomic E-state index is 0.128. The summed E-state index contributed by atoms with van der Waals surface area (Å²) in [4.78, 5) is 24.2. The highest BCUT2D eigenvalue weighted by Crippen LogP contribution is 2.30. The van der Waals surface area contributed by atoms with Gasteiger partial charge in [-0.1, -0.05) is 0 Å². The summed E-state index contributed by atoms with van der Waals surface area (Å²) in [5.41, 5.74) is 17.0. The molecule has 0 unspecified atom stereocenters. The van der Waals surface area contributed by atoms with Crippen LogP contribution in [0, 0.1) is 6.92 Å².